The molecule has 164 valence electrons. The lowest BCUT2D eigenvalue weighted by Crippen LogP contribution is -2.20. The number of benzene rings is 2. The maximum Gasteiger partial charge on any atom is 0.339 e. The summed E-state index contributed by atoms with van der Waals surface area (Å²) in [6, 6.07) is 15.0. The molecule has 0 bridgehead atoms. The predicted octanol–water partition coefficient (Wildman–Crippen LogP) is 4.08. The number of nitrogens with one attached hydrogen (secondary N) is 1. The molecular formula is C21H16ClN3O5S2. The maximum absolute atomic E-state index is 12.3. The molecule has 0 saturated carbocycles. The lowest BCUT2D eigenvalue weighted by Gasteiger charge is -2.12. The Balaban J connectivity index is 1.30. The monoisotopic (exact) mass is 489 g/mol. The summed E-state index contributed by atoms with van der Waals surface area (Å²) in [6.07, 6.45) is -0.823. The molecule has 1 amide bonds. The van der Waals surface area contributed by atoms with Gasteiger partial charge in [0.2, 0.25) is 5.13 Å². The minimum Gasteiger partial charge on any atom is -0.490 e. The highest BCUT2D eigenvalue weighted by Gasteiger charge is 2.15. The van der Waals surface area contributed by atoms with Crippen molar-refractivity contribution in [1.82, 2.24) is 10.2 Å². The first-order valence-corrected chi connectivity index (χ1v) is 11.5. The first kappa shape index (κ1) is 22.3. The van der Waals surface area contributed by atoms with Crippen LogP contribution < -0.4 is 15.7 Å². The zero-order valence-corrected chi connectivity index (χ0v) is 18.7. The Morgan fingerprint density at radius 1 is 1.22 bits per heavy atom. The molecule has 11 heteroatoms. The quantitative estimate of drug-likeness (QED) is 0.216. The van der Waals surface area contributed by atoms with E-state index in [4.69, 9.17) is 20.8 Å². The molecule has 32 heavy (non-hydrogen) atoms. The van der Waals surface area contributed by atoms with E-state index in [1.54, 1.807) is 48.5 Å². The zero-order chi connectivity index (χ0) is 22.5. The summed E-state index contributed by atoms with van der Waals surface area (Å²) in [4.78, 5) is 24.0. The Labute approximate surface area is 195 Å². The average molecular weight is 490 g/mol. The molecule has 0 aliphatic heterocycles. The Morgan fingerprint density at radius 2 is 2.00 bits per heavy atom. The fourth-order valence-electron chi connectivity index (χ4n) is 2.73. The number of hydrogen-bond acceptors (Lipinski definition) is 9. The Bertz CT molecular complexity index is 1310. The number of fused-ring (bicyclic) bond motifs is 1. The summed E-state index contributed by atoms with van der Waals surface area (Å²) in [5.74, 6) is 0.254. The molecule has 2 heterocycles. The Kier molecular flexibility index (Phi) is 7.05. The van der Waals surface area contributed by atoms with Gasteiger partial charge < -0.3 is 14.3 Å². The van der Waals surface area contributed by atoms with Crippen molar-refractivity contribution in [3.8, 4) is 5.75 Å². The van der Waals surface area contributed by atoms with Gasteiger partial charge in [-0.15, -0.1) is 10.2 Å². The van der Waals surface area contributed by atoms with Gasteiger partial charge in [-0.05, 0) is 24.3 Å². The number of rotatable bonds is 8. The maximum atomic E-state index is 12.3. The smallest absolute Gasteiger partial charge is 0.339 e. The van der Waals surface area contributed by atoms with E-state index in [1.165, 1.54) is 29.2 Å². The third-order valence-electron chi connectivity index (χ3n) is 4.19. The van der Waals surface area contributed by atoms with Crippen LogP contribution in [0.1, 0.15) is 10.4 Å². The molecule has 4 aromatic rings. The van der Waals surface area contributed by atoms with Crippen LogP contribution in [0.2, 0.25) is 5.02 Å². The van der Waals surface area contributed by atoms with Crippen LogP contribution in [0.3, 0.4) is 0 Å². The second-order valence-corrected chi connectivity index (χ2v) is 9.16. The van der Waals surface area contributed by atoms with Crippen LogP contribution in [0.4, 0.5) is 5.13 Å². The molecule has 2 aromatic heterocycles. The summed E-state index contributed by atoms with van der Waals surface area (Å²) < 4.78 is 11.3. The van der Waals surface area contributed by atoms with Crippen molar-refractivity contribution < 1.29 is 19.1 Å². The number of nitrogens with zero attached hydrogens (tertiary/aromatic N) is 2. The van der Waals surface area contributed by atoms with Crippen molar-refractivity contribution in [1.29, 1.82) is 0 Å². The van der Waals surface area contributed by atoms with Crippen LogP contribution in [-0.2, 0) is 0 Å². The predicted molar refractivity (Wildman–Crippen MR) is 124 cm³/mol. The highest BCUT2D eigenvalue weighted by molar-refractivity contribution is 8.01. The standard InChI is InChI=1S/C21H16ClN3O5S2/c22-15-7-3-1-5-13(15)19(28)23-20-24-25-21(32-20)31-11-12(26)10-29-17-9-18(27)30-16-8-4-2-6-14(16)17/h1-9,12,26H,10-11H2,(H,23,24,28). The molecule has 2 aromatic carbocycles. The minimum absolute atomic E-state index is 0.0185. The normalized spacial score (nSPS) is 11.9. The minimum atomic E-state index is -0.823. The summed E-state index contributed by atoms with van der Waals surface area (Å²) in [6.45, 7) is -0.0185. The van der Waals surface area contributed by atoms with Gasteiger partial charge in [0.1, 0.15) is 17.9 Å². The molecule has 0 spiro atoms. The fourth-order valence-corrected chi connectivity index (χ4v) is 4.63. The number of carbonyl (C=O) groups is 1. The van der Waals surface area contributed by atoms with Gasteiger partial charge in [-0.1, -0.05) is 59.0 Å². The summed E-state index contributed by atoms with van der Waals surface area (Å²) in [5, 5.41) is 22.2. The Morgan fingerprint density at radius 3 is 2.84 bits per heavy atom. The number of anilines is 1. The zero-order valence-electron chi connectivity index (χ0n) is 16.4. The van der Waals surface area contributed by atoms with E-state index in [1.807, 2.05) is 0 Å². The van der Waals surface area contributed by atoms with Crippen molar-refractivity contribution >= 4 is 56.7 Å². The van der Waals surface area contributed by atoms with Crippen LogP contribution in [0, 0.1) is 0 Å². The largest absolute Gasteiger partial charge is 0.490 e. The number of carbonyl (C=O) groups excluding carboxylic acids is 1. The van der Waals surface area contributed by atoms with Crippen LogP contribution in [-0.4, -0.2) is 39.7 Å². The van der Waals surface area contributed by atoms with Crippen molar-refractivity contribution in [2.24, 2.45) is 0 Å². The van der Waals surface area contributed by atoms with Crippen LogP contribution in [0.15, 0.2) is 68.1 Å². The number of ether oxygens (including phenoxy) is 1. The number of hydrogen-bond donors (Lipinski definition) is 2. The van der Waals surface area contributed by atoms with E-state index >= 15 is 0 Å². The Hall–Kier alpha value is -2.92. The third kappa shape index (κ3) is 5.46. The highest BCUT2D eigenvalue weighted by Crippen LogP contribution is 2.28. The van der Waals surface area contributed by atoms with Gasteiger partial charge in [-0.2, -0.15) is 0 Å². The second kappa shape index (κ2) is 10.1. The van der Waals surface area contributed by atoms with E-state index in [-0.39, 0.29) is 18.3 Å². The lowest BCUT2D eigenvalue weighted by atomic mass is 10.2. The fraction of sp³-hybridized carbons (Fsp3) is 0.143. The first-order chi connectivity index (χ1) is 15.5. The van der Waals surface area contributed by atoms with Gasteiger partial charge in [-0.25, -0.2) is 4.79 Å². The molecule has 4 rings (SSSR count). The number of aliphatic hydroxyl groups excluding tert-OH is 1. The molecule has 0 saturated heterocycles. The number of amides is 1. The number of thioether (sulfide) groups is 1. The molecule has 2 N–H and O–H groups in total. The van der Waals surface area contributed by atoms with Gasteiger partial charge in [0.15, 0.2) is 4.34 Å². The van der Waals surface area contributed by atoms with E-state index < -0.39 is 11.7 Å². The summed E-state index contributed by atoms with van der Waals surface area (Å²) >= 11 is 8.49. The molecule has 0 aliphatic rings. The number of para-hydroxylation sites is 1. The van der Waals surface area contributed by atoms with Gasteiger partial charge in [0.25, 0.3) is 5.91 Å². The van der Waals surface area contributed by atoms with Gasteiger partial charge in [-0.3, -0.25) is 10.1 Å². The molecular weight excluding hydrogens is 474 g/mol. The van der Waals surface area contributed by atoms with Crippen molar-refractivity contribution in [2.75, 3.05) is 17.7 Å². The summed E-state index contributed by atoms with van der Waals surface area (Å²) in [7, 11) is 0. The number of halogens is 1. The van der Waals surface area contributed by atoms with Gasteiger partial charge in [0, 0.05) is 5.75 Å². The third-order valence-corrected chi connectivity index (χ3v) is 6.63. The average Bonchev–Trinajstić information content (AvgIpc) is 3.23. The highest BCUT2D eigenvalue weighted by atomic mass is 35.5. The van der Waals surface area contributed by atoms with Crippen LogP contribution in [0.5, 0.6) is 5.75 Å². The van der Waals surface area contributed by atoms with E-state index in [0.717, 1.165) is 0 Å². The molecule has 8 nitrogen and oxygen atoms in total. The van der Waals surface area contributed by atoms with E-state index in [0.29, 0.717) is 36.8 Å². The summed E-state index contributed by atoms with van der Waals surface area (Å²) in [5.41, 5.74) is 0.232. The van der Waals surface area contributed by atoms with Crippen molar-refractivity contribution in [2.45, 2.75) is 10.4 Å². The molecule has 0 radical (unpaired) electrons. The molecule has 1 atom stereocenters. The molecule has 1 unspecified atom stereocenters. The SMILES string of the molecule is O=C(Nc1nnc(SCC(O)COc2cc(=O)oc3ccccc23)s1)c1ccccc1Cl. The topological polar surface area (TPSA) is 115 Å². The molecule has 0 fully saturated rings. The second-order valence-electron chi connectivity index (χ2n) is 6.51. The number of aromatic nitrogens is 2. The first-order valence-electron chi connectivity index (χ1n) is 9.35. The van der Waals surface area contributed by atoms with Crippen molar-refractivity contribution in [3.05, 3.63) is 75.6 Å². The van der Waals surface area contributed by atoms with E-state index in [2.05, 4.69) is 15.5 Å². The molecule has 0 aliphatic carbocycles. The van der Waals surface area contributed by atoms with Crippen LogP contribution >= 0.6 is 34.7 Å². The van der Waals surface area contributed by atoms with Gasteiger partial charge >= 0.3 is 5.63 Å². The number of aliphatic hydroxyl groups is 1. The lowest BCUT2D eigenvalue weighted by molar-refractivity contribution is 0.102. The van der Waals surface area contributed by atoms with Crippen LogP contribution in [0.25, 0.3) is 11.0 Å². The van der Waals surface area contributed by atoms with Crippen molar-refractivity contribution in [3.63, 3.8) is 0 Å². The van der Waals surface area contributed by atoms with E-state index in [9.17, 15) is 14.7 Å². The van der Waals surface area contributed by atoms with Gasteiger partial charge in [0.05, 0.1) is 28.1 Å².